The molecule has 0 saturated carbocycles. The number of rotatable bonds is 4. The Hall–Kier alpha value is -1.92. The van der Waals surface area contributed by atoms with Gasteiger partial charge in [-0.05, 0) is 31.2 Å². The van der Waals surface area contributed by atoms with Gasteiger partial charge in [0, 0.05) is 18.0 Å². The maximum atomic E-state index is 12.3. The summed E-state index contributed by atoms with van der Waals surface area (Å²) in [4.78, 5) is 14.8. The van der Waals surface area contributed by atoms with E-state index in [2.05, 4.69) is 0 Å². The monoisotopic (exact) mass is 333 g/mol. The van der Waals surface area contributed by atoms with Crippen molar-refractivity contribution in [3.63, 3.8) is 0 Å². The summed E-state index contributed by atoms with van der Waals surface area (Å²) in [5.74, 6) is 0.975. The molecule has 1 saturated heterocycles. The summed E-state index contributed by atoms with van der Waals surface area (Å²) in [6.45, 7) is 4.24. The molecule has 0 spiro atoms. The Balaban J connectivity index is 1.65. The number of amides is 1. The minimum Gasteiger partial charge on any atom is -0.455 e. The number of ether oxygens (including phenoxy) is 1. The van der Waals surface area contributed by atoms with Crippen LogP contribution in [-0.2, 0) is 21.3 Å². The van der Waals surface area contributed by atoms with Crippen molar-refractivity contribution < 1.29 is 18.2 Å². The van der Waals surface area contributed by atoms with Crippen molar-refractivity contribution in [2.75, 3.05) is 26.3 Å². The molecule has 0 aliphatic carbocycles. The van der Waals surface area contributed by atoms with Gasteiger partial charge in [0.2, 0.25) is 0 Å². The van der Waals surface area contributed by atoms with Crippen LogP contribution in [-0.4, -0.2) is 41.3 Å². The van der Waals surface area contributed by atoms with Gasteiger partial charge in [0.05, 0.1) is 29.8 Å². The fraction of sp³-hybridized carbons (Fsp3) is 0.353. The minimum absolute atomic E-state index is 0.138. The van der Waals surface area contributed by atoms with Crippen LogP contribution in [0.3, 0.4) is 0 Å². The molecule has 1 aliphatic rings. The third kappa shape index (κ3) is 3.89. The number of carbonyl (C=O) groups is 1. The standard InChI is InChI=1S/C17H19NO4S/c1-13-2-5-15(6-3-13)23(20)12-14-4-7-16(22-14)17(19)18-8-10-21-11-9-18/h2-7H,8-12H2,1H3. The second kappa shape index (κ2) is 7.10. The molecule has 2 aromatic rings. The summed E-state index contributed by atoms with van der Waals surface area (Å²) < 4.78 is 23.2. The average Bonchev–Trinajstić information content (AvgIpc) is 3.04. The van der Waals surface area contributed by atoms with Crippen LogP contribution in [0.25, 0.3) is 0 Å². The molecule has 3 rings (SSSR count). The Bertz CT molecular complexity index is 702. The first-order valence-corrected chi connectivity index (χ1v) is 8.86. The van der Waals surface area contributed by atoms with Crippen LogP contribution in [0.2, 0.25) is 0 Å². The smallest absolute Gasteiger partial charge is 0.289 e. The zero-order valence-electron chi connectivity index (χ0n) is 13.0. The second-order valence-corrected chi connectivity index (χ2v) is 6.92. The van der Waals surface area contributed by atoms with Gasteiger partial charge >= 0.3 is 0 Å². The molecule has 1 unspecified atom stereocenters. The molecule has 1 fully saturated rings. The van der Waals surface area contributed by atoms with Crippen molar-refractivity contribution in [3.05, 3.63) is 53.5 Å². The molecule has 122 valence electrons. The second-order valence-electron chi connectivity index (χ2n) is 5.47. The van der Waals surface area contributed by atoms with E-state index in [-0.39, 0.29) is 11.7 Å². The number of nitrogens with zero attached hydrogens (tertiary/aromatic N) is 1. The number of morpholine rings is 1. The fourth-order valence-corrected chi connectivity index (χ4v) is 3.42. The van der Waals surface area contributed by atoms with E-state index in [1.54, 1.807) is 17.0 Å². The lowest BCUT2D eigenvalue weighted by molar-refractivity contribution is 0.0282. The molecule has 0 radical (unpaired) electrons. The Morgan fingerprint density at radius 2 is 1.83 bits per heavy atom. The van der Waals surface area contributed by atoms with Crippen molar-refractivity contribution in [1.82, 2.24) is 4.90 Å². The molecular formula is C17H19NO4S. The van der Waals surface area contributed by atoms with Gasteiger partial charge in [0.25, 0.3) is 5.91 Å². The predicted molar refractivity (Wildman–Crippen MR) is 86.7 cm³/mol. The Morgan fingerprint density at radius 1 is 1.13 bits per heavy atom. The van der Waals surface area contributed by atoms with Crippen LogP contribution in [0.15, 0.2) is 45.7 Å². The van der Waals surface area contributed by atoms with E-state index in [9.17, 15) is 9.00 Å². The van der Waals surface area contributed by atoms with Crippen LogP contribution in [0, 0.1) is 6.92 Å². The topological polar surface area (TPSA) is 59.8 Å². The summed E-state index contributed by atoms with van der Waals surface area (Å²) in [5.41, 5.74) is 1.13. The summed E-state index contributed by atoms with van der Waals surface area (Å²) in [7, 11) is -1.19. The van der Waals surface area contributed by atoms with Gasteiger partial charge < -0.3 is 14.1 Å². The molecule has 1 aromatic carbocycles. The highest BCUT2D eigenvalue weighted by atomic mass is 32.2. The van der Waals surface area contributed by atoms with E-state index in [1.807, 2.05) is 31.2 Å². The van der Waals surface area contributed by atoms with Crippen molar-refractivity contribution >= 4 is 16.7 Å². The van der Waals surface area contributed by atoms with Crippen molar-refractivity contribution in [3.8, 4) is 0 Å². The van der Waals surface area contributed by atoms with E-state index in [0.29, 0.717) is 37.8 Å². The SMILES string of the molecule is Cc1ccc(S(=O)Cc2ccc(C(=O)N3CCOCC3)o2)cc1. The van der Waals surface area contributed by atoms with Gasteiger partial charge in [0.15, 0.2) is 5.76 Å². The van der Waals surface area contributed by atoms with Crippen molar-refractivity contribution in [2.24, 2.45) is 0 Å². The number of hydrogen-bond acceptors (Lipinski definition) is 4. The van der Waals surface area contributed by atoms with Gasteiger partial charge in [-0.1, -0.05) is 17.7 Å². The van der Waals surface area contributed by atoms with Crippen LogP contribution in [0.1, 0.15) is 21.9 Å². The third-order valence-electron chi connectivity index (χ3n) is 3.73. The van der Waals surface area contributed by atoms with E-state index in [1.165, 1.54) is 0 Å². The first kappa shape index (κ1) is 16.0. The summed E-state index contributed by atoms with van der Waals surface area (Å²) in [6, 6.07) is 11.0. The normalized spacial score (nSPS) is 16.3. The summed E-state index contributed by atoms with van der Waals surface area (Å²) in [6.07, 6.45) is 0. The zero-order chi connectivity index (χ0) is 16.2. The predicted octanol–water partition coefficient (Wildman–Crippen LogP) is 2.37. The molecule has 1 amide bonds. The van der Waals surface area contributed by atoms with Crippen LogP contribution in [0.4, 0.5) is 0 Å². The number of furan rings is 1. The largest absolute Gasteiger partial charge is 0.455 e. The Kier molecular flexibility index (Phi) is 4.93. The first-order chi connectivity index (χ1) is 11.1. The van der Waals surface area contributed by atoms with Gasteiger partial charge in [-0.3, -0.25) is 9.00 Å². The first-order valence-electron chi connectivity index (χ1n) is 7.54. The molecule has 1 aliphatic heterocycles. The summed E-state index contributed by atoms with van der Waals surface area (Å²) >= 11 is 0. The third-order valence-corrected chi connectivity index (χ3v) is 5.07. The minimum atomic E-state index is -1.19. The van der Waals surface area contributed by atoms with Gasteiger partial charge in [-0.15, -0.1) is 0 Å². The van der Waals surface area contributed by atoms with Gasteiger partial charge in [-0.25, -0.2) is 0 Å². The molecule has 1 atom stereocenters. The number of hydrogen-bond donors (Lipinski definition) is 0. The zero-order valence-corrected chi connectivity index (χ0v) is 13.8. The molecule has 6 heteroatoms. The van der Waals surface area contributed by atoms with Crippen LogP contribution < -0.4 is 0 Å². The van der Waals surface area contributed by atoms with Crippen LogP contribution in [0.5, 0.6) is 0 Å². The highest BCUT2D eigenvalue weighted by Gasteiger charge is 2.21. The van der Waals surface area contributed by atoms with Gasteiger partial charge in [-0.2, -0.15) is 0 Å². The quantitative estimate of drug-likeness (QED) is 0.862. The lowest BCUT2D eigenvalue weighted by Gasteiger charge is -2.25. The average molecular weight is 333 g/mol. The van der Waals surface area contributed by atoms with E-state index < -0.39 is 10.8 Å². The fourth-order valence-electron chi connectivity index (χ4n) is 2.40. The molecule has 0 N–H and O–H groups in total. The van der Waals surface area contributed by atoms with Crippen molar-refractivity contribution in [1.29, 1.82) is 0 Å². The molecule has 0 bridgehead atoms. The Morgan fingerprint density at radius 3 is 2.52 bits per heavy atom. The highest BCUT2D eigenvalue weighted by Crippen LogP contribution is 2.17. The van der Waals surface area contributed by atoms with E-state index in [0.717, 1.165) is 10.5 Å². The Labute approximate surface area is 137 Å². The van der Waals surface area contributed by atoms with Crippen LogP contribution >= 0.6 is 0 Å². The lowest BCUT2D eigenvalue weighted by Crippen LogP contribution is -2.40. The van der Waals surface area contributed by atoms with E-state index in [4.69, 9.17) is 9.15 Å². The molecular weight excluding hydrogens is 314 g/mol. The molecule has 23 heavy (non-hydrogen) atoms. The molecule has 5 nitrogen and oxygen atoms in total. The number of carbonyl (C=O) groups excluding carboxylic acids is 1. The summed E-state index contributed by atoms with van der Waals surface area (Å²) in [5, 5.41) is 0. The van der Waals surface area contributed by atoms with Crippen molar-refractivity contribution in [2.45, 2.75) is 17.6 Å². The highest BCUT2D eigenvalue weighted by molar-refractivity contribution is 7.84. The lowest BCUT2D eigenvalue weighted by atomic mass is 10.2. The number of aryl methyl sites for hydroxylation is 1. The molecule has 1 aromatic heterocycles. The number of benzene rings is 1. The maximum Gasteiger partial charge on any atom is 0.289 e. The van der Waals surface area contributed by atoms with E-state index >= 15 is 0 Å². The maximum absolute atomic E-state index is 12.3. The van der Waals surface area contributed by atoms with Gasteiger partial charge in [0.1, 0.15) is 5.76 Å². The molecule has 2 heterocycles.